The molecule has 0 bridgehead atoms. The fourth-order valence-electron chi connectivity index (χ4n) is 2.28. The van der Waals surface area contributed by atoms with Crippen molar-refractivity contribution in [1.82, 2.24) is 10.2 Å². The van der Waals surface area contributed by atoms with Gasteiger partial charge in [0.05, 0.1) is 5.56 Å². The number of rotatable bonds is 2. The fourth-order valence-corrected chi connectivity index (χ4v) is 3.50. The van der Waals surface area contributed by atoms with Crippen LogP contribution in [0.2, 0.25) is 0 Å². The van der Waals surface area contributed by atoms with Gasteiger partial charge in [0.1, 0.15) is 0 Å². The number of hydrogen-bond acceptors (Lipinski definition) is 2. The Balaban J connectivity index is 1.94. The molecule has 0 aromatic heterocycles. The van der Waals surface area contributed by atoms with Crippen LogP contribution in [0.4, 0.5) is 0 Å². The minimum absolute atomic E-state index is 0.0781. The summed E-state index contributed by atoms with van der Waals surface area (Å²) in [6.45, 7) is 3.00. The molecule has 1 aliphatic rings. The van der Waals surface area contributed by atoms with Crippen LogP contribution in [-0.4, -0.2) is 35.8 Å². The molecule has 20 heavy (non-hydrogen) atoms. The predicted molar refractivity (Wildman–Crippen MR) is 84.6 cm³/mol. The van der Waals surface area contributed by atoms with Gasteiger partial charge in [-0.3, -0.25) is 9.59 Å². The Bertz CT molecular complexity index is 526. The van der Waals surface area contributed by atoms with Crippen molar-refractivity contribution in [2.45, 2.75) is 25.8 Å². The van der Waals surface area contributed by atoms with Gasteiger partial charge in [0.15, 0.2) is 0 Å². The molecule has 4 nitrogen and oxygen atoms in total. The highest BCUT2D eigenvalue weighted by molar-refractivity contribution is 9.11. The van der Waals surface area contributed by atoms with E-state index in [0.717, 1.165) is 21.8 Å². The highest BCUT2D eigenvalue weighted by atomic mass is 79.9. The molecule has 1 aromatic carbocycles. The van der Waals surface area contributed by atoms with Crippen molar-refractivity contribution >= 4 is 43.7 Å². The quantitative estimate of drug-likeness (QED) is 0.825. The maximum atomic E-state index is 12.2. The Hall–Kier alpha value is -0.880. The second-order valence-electron chi connectivity index (χ2n) is 4.88. The monoisotopic (exact) mass is 402 g/mol. The zero-order chi connectivity index (χ0) is 14.7. The van der Waals surface area contributed by atoms with Gasteiger partial charge in [-0.2, -0.15) is 0 Å². The zero-order valence-electron chi connectivity index (χ0n) is 11.2. The van der Waals surface area contributed by atoms with Crippen molar-refractivity contribution in [2.24, 2.45) is 0 Å². The Morgan fingerprint density at radius 3 is 2.45 bits per heavy atom. The molecular weight excluding hydrogens is 388 g/mol. The van der Waals surface area contributed by atoms with Gasteiger partial charge in [-0.15, -0.1) is 0 Å². The van der Waals surface area contributed by atoms with E-state index in [-0.39, 0.29) is 17.9 Å². The van der Waals surface area contributed by atoms with Crippen molar-refractivity contribution in [1.29, 1.82) is 0 Å². The molecule has 0 saturated carbocycles. The number of hydrogen-bond donors (Lipinski definition) is 1. The smallest absolute Gasteiger partial charge is 0.252 e. The first-order chi connectivity index (χ1) is 9.47. The number of amides is 2. The molecule has 1 saturated heterocycles. The lowest BCUT2D eigenvalue weighted by molar-refractivity contribution is -0.129. The van der Waals surface area contributed by atoms with Crippen LogP contribution in [0.3, 0.4) is 0 Å². The molecule has 0 spiro atoms. The average molecular weight is 404 g/mol. The highest BCUT2D eigenvalue weighted by Crippen LogP contribution is 2.22. The number of nitrogens with zero attached hydrogens (tertiary/aromatic N) is 1. The standard InChI is InChI=1S/C14H16Br2N2O2/c1-9(19)18-6-4-11(5-7-18)17-14(20)12-3-2-10(15)8-13(12)16/h2-3,8,11H,4-7H2,1H3,(H,17,20). The first-order valence-corrected chi connectivity index (χ1v) is 8.07. The molecule has 0 aliphatic carbocycles. The first-order valence-electron chi connectivity index (χ1n) is 6.49. The summed E-state index contributed by atoms with van der Waals surface area (Å²) in [7, 11) is 0. The van der Waals surface area contributed by atoms with Gasteiger partial charge in [-0.1, -0.05) is 15.9 Å². The maximum Gasteiger partial charge on any atom is 0.252 e. The number of piperidine rings is 1. The van der Waals surface area contributed by atoms with E-state index in [0.29, 0.717) is 18.7 Å². The highest BCUT2D eigenvalue weighted by Gasteiger charge is 2.22. The molecule has 1 aliphatic heterocycles. The van der Waals surface area contributed by atoms with Crippen LogP contribution in [0.15, 0.2) is 27.1 Å². The van der Waals surface area contributed by atoms with E-state index in [9.17, 15) is 9.59 Å². The van der Waals surface area contributed by atoms with E-state index in [1.807, 2.05) is 17.0 Å². The Morgan fingerprint density at radius 1 is 1.25 bits per heavy atom. The van der Waals surface area contributed by atoms with Crippen LogP contribution in [0.25, 0.3) is 0 Å². The molecular formula is C14H16Br2N2O2. The van der Waals surface area contributed by atoms with E-state index in [2.05, 4.69) is 37.2 Å². The van der Waals surface area contributed by atoms with Crippen LogP contribution >= 0.6 is 31.9 Å². The summed E-state index contributed by atoms with van der Waals surface area (Å²) in [6.07, 6.45) is 1.61. The molecule has 0 unspecified atom stereocenters. The van der Waals surface area contributed by atoms with Crippen molar-refractivity contribution < 1.29 is 9.59 Å². The van der Waals surface area contributed by atoms with E-state index < -0.39 is 0 Å². The summed E-state index contributed by atoms with van der Waals surface area (Å²) in [5.41, 5.74) is 0.627. The predicted octanol–water partition coefficient (Wildman–Crippen LogP) is 2.95. The van der Waals surface area contributed by atoms with Crippen molar-refractivity contribution in [3.05, 3.63) is 32.7 Å². The number of benzene rings is 1. The lowest BCUT2D eigenvalue weighted by atomic mass is 10.0. The molecule has 2 rings (SSSR count). The third kappa shape index (κ3) is 3.82. The number of halogens is 2. The van der Waals surface area contributed by atoms with Gasteiger partial charge in [-0.25, -0.2) is 0 Å². The Labute approximate surface area is 135 Å². The third-order valence-electron chi connectivity index (χ3n) is 3.45. The van der Waals surface area contributed by atoms with Gasteiger partial charge in [-0.05, 0) is 47.0 Å². The summed E-state index contributed by atoms with van der Waals surface area (Å²) < 4.78 is 1.70. The van der Waals surface area contributed by atoms with E-state index in [1.165, 1.54) is 0 Å². The number of likely N-dealkylation sites (tertiary alicyclic amines) is 1. The molecule has 6 heteroatoms. The van der Waals surface area contributed by atoms with Crippen LogP contribution in [0, 0.1) is 0 Å². The normalized spacial score (nSPS) is 16.1. The summed E-state index contributed by atoms with van der Waals surface area (Å²) >= 11 is 6.76. The van der Waals surface area contributed by atoms with Crippen LogP contribution in [0.5, 0.6) is 0 Å². The topological polar surface area (TPSA) is 49.4 Å². The number of nitrogens with one attached hydrogen (secondary N) is 1. The summed E-state index contributed by atoms with van der Waals surface area (Å²) in [4.78, 5) is 25.3. The van der Waals surface area contributed by atoms with Gasteiger partial charge in [0, 0.05) is 35.0 Å². The molecule has 108 valence electrons. The Kier molecular flexibility index (Phi) is 5.21. The van der Waals surface area contributed by atoms with E-state index in [4.69, 9.17) is 0 Å². The maximum absolute atomic E-state index is 12.2. The molecule has 0 atom stereocenters. The molecule has 0 radical (unpaired) electrons. The van der Waals surface area contributed by atoms with Gasteiger partial charge >= 0.3 is 0 Å². The molecule has 1 N–H and O–H groups in total. The van der Waals surface area contributed by atoms with Crippen LogP contribution < -0.4 is 5.32 Å². The summed E-state index contributed by atoms with van der Waals surface area (Å²) in [6, 6.07) is 5.62. The SMILES string of the molecule is CC(=O)N1CCC(NC(=O)c2ccc(Br)cc2Br)CC1. The average Bonchev–Trinajstić information content (AvgIpc) is 2.39. The van der Waals surface area contributed by atoms with Gasteiger partial charge in [0.25, 0.3) is 5.91 Å². The van der Waals surface area contributed by atoms with Crippen molar-refractivity contribution in [3.8, 4) is 0 Å². The van der Waals surface area contributed by atoms with Gasteiger partial charge in [0.2, 0.25) is 5.91 Å². The van der Waals surface area contributed by atoms with E-state index >= 15 is 0 Å². The van der Waals surface area contributed by atoms with Crippen molar-refractivity contribution in [2.75, 3.05) is 13.1 Å². The van der Waals surface area contributed by atoms with E-state index in [1.54, 1.807) is 13.0 Å². The molecule has 1 fully saturated rings. The van der Waals surface area contributed by atoms with Crippen LogP contribution in [-0.2, 0) is 4.79 Å². The molecule has 1 heterocycles. The van der Waals surface area contributed by atoms with Crippen LogP contribution in [0.1, 0.15) is 30.1 Å². The lowest BCUT2D eigenvalue weighted by Gasteiger charge is -2.31. The first kappa shape index (κ1) is 15.5. The fraction of sp³-hybridized carbons (Fsp3) is 0.429. The minimum Gasteiger partial charge on any atom is -0.349 e. The molecule has 1 aromatic rings. The molecule has 2 amide bonds. The third-order valence-corrected chi connectivity index (χ3v) is 4.60. The second-order valence-corrected chi connectivity index (χ2v) is 6.65. The zero-order valence-corrected chi connectivity index (χ0v) is 14.3. The summed E-state index contributed by atoms with van der Waals surface area (Å²) in [5.74, 6) is 0.0241. The van der Waals surface area contributed by atoms with Gasteiger partial charge < -0.3 is 10.2 Å². The summed E-state index contributed by atoms with van der Waals surface area (Å²) in [5, 5.41) is 3.03. The second kappa shape index (κ2) is 6.72. The Morgan fingerprint density at radius 2 is 1.90 bits per heavy atom. The van der Waals surface area contributed by atoms with Crippen molar-refractivity contribution in [3.63, 3.8) is 0 Å². The minimum atomic E-state index is -0.0781. The number of carbonyl (C=O) groups is 2. The largest absolute Gasteiger partial charge is 0.349 e. The lowest BCUT2D eigenvalue weighted by Crippen LogP contribution is -2.46. The number of carbonyl (C=O) groups excluding carboxylic acids is 2.